The molecule has 1 rings (SSSR count). The number of rotatable bonds is 8. The molecule has 1 aromatic rings. The Morgan fingerprint density at radius 1 is 1.05 bits per heavy atom. The molecule has 0 fully saturated rings. The first-order valence-corrected chi connectivity index (χ1v) is 7.62. The first-order valence-electron chi connectivity index (χ1n) is 7.62. The molecule has 0 saturated heterocycles. The molecule has 3 heteroatoms. The molecule has 2 N–H and O–H groups in total. The fourth-order valence-corrected chi connectivity index (χ4v) is 2.09. The topological polar surface area (TPSA) is 38.5 Å². The van der Waals surface area contributed by atoms with Crippen LogP contribution in [0.4, 0.5) is 11.4 Å². The first-order chi connectivity index (χ1) is 9.43. The van der Waals surface area contributed by atoms with Gasteiger partial charge in [-0.15, -0.1) is 0 Å². The maximum Gasteiger partial charge on any atom is 0.143 e. The zero-order valence-electron chi connectivity index (χ0n) is 13.6. The lowest BCUT2D eigenvalue weighted by molar-refractivity contribution is 0.417. The van der Waals surface area contributed by atoms with Crippen LogP contribution in [-0.4, -0.2) is 20.2 Å². The van der Waals surface area contributed by atoms with Crippen LogP contribution in [0.25, 0.3) is 0 Å². The average Bonchev–Trinajstić information content (AvgIpc) is 2.39. The maximum absolute atomic E-state index is 5.90. The Morgan fingerprint density at radius 3 is 2.05 bits per heavy atom. The molecule has 0 aromatic heterocycles. The van der Waals surface area contributed by atoms with Gasteiger partial charge >= 0.3 is 0 Å². The second-order valence-electron chi connectivity index (χ2n) is 6.28. The van der Waals surface area contributed by atoms with E-state index in [-0.39, 0.29) is 0 Å². The Kier molecular flexibility index (Phi) is 6.69. The number of hydrogen-bond acceptors (Lipinski definition) is 3. The second kappa shape index (κ2) is 8.03. The van der Waals surface area contributed by atoms with E-state index in [1.165, 1.54) is 18.5 Å². The molecule has 0 amide bonds. The summed E-state index contributed by atoms with van der Waals surface area (Å²) in [6.07, 6.45) is 2.40. The minimum atomic E-state index is 0.698. The van der Waals surface area contributed by atoms with Crippen LogP contribution in [0, 0.1) is 11.8 Å². The number of anilines is 2. The van der Waals surface area contributed by atoms with Gasteiger partial charge in [-0.1, -0.05) is 27.7 Å². The number of benzene rings is 1. The summed E-state index contributed by atoms with van der Waals surface area (Å²) in [5.74, 6) is 2.20. The van der Waals surface area contributed by atoms with Gasteiger partial charge in [0.05, 0.1) is 12.8 Å². The van der Waals surface area contributed by atoms with Gasteiger partial charge in [-0.25, -0.2) is 0 Å². The van der Waals surface area contributed by atoms with Crippen molar-refractivity contribution in [2.24, 2.45) is 11.8 Å². The first kappa shape index (κ1) is 16.7. The third-order valence-corrected chi connectivity index (χ3v) is 3.53. The molecule has 0 atom stereocenters. The second-order valence-corrected chi connectivity index (χ2v) is 6.28. The lowest BCUT2D eigenvalue weighted by atomic mass is 10.1. The molecule has 1 aromatic carbocycles. The molecular weight excluding hydrogens is 248 g/mol. The Hall–Kier alpha value is -1.38. The van der Waals surface area contributed by atoms with Gasteiger partial charge < -0.3 is 15.4 Å². The van der Waals surface area contributed by atoms with E-state index >= 15 is 0 Å². The van der Waals surface area contributed by atoms with Gasteiger partial charge in [0.1, 0.15) is 5.75 Å². The standard InChI is InChI=1S/C17H30N2O/c1-13(2)8-10-19(11-9-14(3)4)15-6-7-16(18)17(12-15)20-5/h6-7,12-14H,8-11,18H2,1-5H3. The van der Waals surface area contributed by atoms with Crippen LogP contribution in [-0.2, 0) is 0 Å². The van der Waals surface area contributed by atoms with Crippen molar-refractivity contribution >= 4 is 11.4 Å². The van der Waals surface area contributed by atoms with Crippen LogP contribution in [0.15, 0.2) is 18.2 Å². The number of ether oxygens (including phenoxy) is 1. The van der Waals surface area contributed by atoms with E-state index in [0.717, 1.165) is 18.8 Å². The van der Waals surface area contributed by atoms with Gasteiger partial charge in [0, 0.05) is 24.8 Å². The van der Waals surface area contributed by atoms with Gasteiger partial charge in [-0.05, 0) is 36.8 Å². The third kappa shape index (κ3) is 5.32. The monoisotopic (exact) mass is 278 g/mol. The van der Waals surface area contributed by atoms with Crippen LogP contribution in [0.3, 0.4) is 0 Å². The van der Waals surface area contributed by atoms with Crippen molar-refractivity contribution in [1.29, 1.82) is 0 Å². The largest absolute Gasteiger partial charge is 0.495 e. The minimum Gasteiger partial charge on any atom is -0.495 e. The molecule has 0 aliphatic rings. The predicted molar refractivity (Wildman–Crippen MR) is 88.5 cm³/mol. The molecular formula is C17H30N2O. The molecule has 0 aliphatic heterocycles. The molecule has 0 aliphatic carbocycles. The minimum absolute atomic E-state index is 0.698. The van der Waals surface area contributed by atoms with Crippen molar-refractivity contribution < 1.29 is 4.74 Å². The highest BCUT2D eigenvalue weighted by Gasteiger charge is 2.11. The van der Waals surface area contributed by atoms with Crippen LogP contribution < -0.4 is 15.4 Å². The highest BCUT2D eigenvalue weighted by atomic mass is 16.5. The molecule has 0 heterocycles. The van der Waals surface area contributed by atoms with Crippen LogP contribution in [0.5, 0.6) is 5.75 Å². The highest BCUT2D eigenvalue weighted by molar-refractivity contribution is 5.62. The van der Waals surface area contributed by atoms with Crippen molar-refractivity contribution in [3.05, 3.63) is 18.2 Å². The third-order valence-electron chi connectivity index (χ3n) is 3.53. The fraction of sp³-hybridized carbons (Fsp3) is 0.647. The molecule has 0 bridgehead atoms. The van der Waals surface area contributed by atoms with Crippen molar-refractivity contribution in [1.82, 2.24) is 0 Å². The Balaban J connectivity index is 2.84. The quantitative estimate of drug-likeness (QED) is 0.725. The Labute approximate surface area is 124 Å². The van der Waals surface area contributed by atoms with Crippen molar-refractivity contribution in [3.8, 4) is 5.75 Å². The van der Waals surface area contributed by atoms with Crippen molar-refractivity contribution in [2.75, 3.05) is 30.8 Å². The number of nitrogens with two attached hydrogens (primary N) is 1. The van der Waals surface area contributed by atoms with Crippen LogP contribution in [0.1, 0.15) is 40.5 Å². The van der Waals surface area contributed by atoms with Gasteiger partial charge in [-0.2, -0.15) is 0 Å². The SMILES string of the molecule is COc1cc(N(CCC(C)C)CCC(C)C)ccc1N. The summed E-state index contributed by atoms with van der Waals surface area (Å²) >= 11 is 0. The Bertz CT molecular complexity index is 390. The average molecular weight is 278 g/mol. The predicted octanol–water partition coefficient (Wildman–Crippen LogP) is 4.18. The number of nitrogen functional groups attached to an aromatic ring is 1. The summed E-state index contributed by atoms with van der Waals surface area (Å²) in [4.78, 5) is 2.45. The van der Waals surface area contributed by atoms with E-state index < -0.39 is 0 Å². The van der Waals surface area contributed by atoms with Crippen molar-refractivity contribution in [2.45, 2.75) is 40.5 Å². The summed E-state index contributed by atoms with van der Waals surface area (Å²) in [7, 11) is 1.67. The summed E-state index contributed by atoms with van der Waals surface area (Å²) in [6.45, 7) is 11.2. The molecule has 0 saturated carbocycles. The van der Waals surface area contributed by atoms with E-state index in [2.05, 4.69) is 44.7 Å². The maximum atomic E-state index is 5.90. The zero-order valence-corrected chi connectivity index (χ0v) is 13.6. The summed E-state index contributed by atoms with van der Waals surface area (Å²) in [6, 6.07) is 6.08. The van der Waals surface area contributed by atoms with Crippen LogP contribution >= 0.6 is 0 Å². The highest BCUT2D eigenvalue weighted by Crippen LogP contribution is 2.28. The molecule has 20 heavy (non-hydrogen) atoms. The van der Waals surface area contributed by atoms with Gasteiger partial charge in [0.2, 0.25) is 0 Å². The Morgan fingerprint density at radius 2 is 1.60 bits per heavy atom. The van der Waals surface area contributed by atoms with Gasteiger partial charge in [-0.3, -0.25) is 0 Å². The molecule has 0 radical (unpaired) electrons. The van der Waals surface area contributed by atoms with Gasteiger partial charge in [0.25, 0.3) is 0 Å². The number of hydrogen-bond donors (Lipinski definition) is 1. The summed E-state index contributed by atoms with van der Waals surface area (Å²) < 4.78 is 5.34. The normalized spacial score (nSPS) is 11.2. The fourth-order valence-electron chi connectivity index (χ4n) is 2.09. The molecule has 0 spiro atoms. The number of nitrogens with zero attached hydrogens (tertiary/aromatic N) is 1. The van der Waals surface area contributed by atoms with E-state index in [9.17, 15) is 0 Å². The van der Waals surface area contributed by atoms with Crippen molar-refractivity contribution in [3.63, 3.8) is 0 Å². The van der Waals surface area contributed by atoms with Crippen LogP contribution in [0.2, 0.25) is 0 Å². The zero-order chi connectivity index (χ0) is 15.1. The molecule has 3 nitrogen and oxygen atoms in total. The molecule has 0 unspecified atom stereocenters. The number of methoxy groups -OCH3 is 1. The summed E-state index contributed by atoms with van der Waals surface area (Å²) in [5.41, 5.74) is 7.80. The lowest BCUT2D eigenvalue weighted by Crippen LogP contribution is -2.27. The lowest BCUT2D eigenvalue weighted by Gasteiger charge is -2.27. The molecule has 114 valence electrons. The van der Waals surface area contributed by atoms with E-state index in [1.54, 1.807) is 7.11 Å². The van der Waals surface area contributed by atoms with E-state index in [1.807, 2.05) is 6.07 Å². The smallest absolute Gasteiger partial charge is 0.143 e. The van der Waals surface area contributed by atoms with Gasteiger partial charge in [0.15, 0.2) is 0 Å². The van der Waals surface area contributed by atoms with E-state index in [4.69, 9.17) is 10.5 Å². The van der Waals surface area contributed by atoms with E-state index in [0.29, 0.717) is 17.5 Å². The summed E-state index contributed by atoms with van der Waals surface area (Å²) in [5, 5.41) is 0.